The number of anilines is 1. The summed E-state index contributed by atoms with van der Waals surface area (Å²) in [6.07, 6.45) is 3.41. The number of pyridine rings is 2. The van der Waals surface area contributed by atoms with E-state index in [1.807, 2.05) is 56.3 Å². The molecule has 0 saturated carbocycles. The maximum atomic E-state index is 13.4. The summed E-state index contributed by atoms with van der Waals surface area (Å²) in [5.74, 6) is 0.479. The molecule has 36 heavy (non-hydrogen) atoms. The number of fused-ring (bicyclic) bond motifs is 1. The molecule has 0 bridgehead atoms. The van der Waals surface area contributed by atoms with E-state index in [0.717, 1.165) is 35.2 Å². The van der Waals surface area contributed by atoms with Crippen molar-refractivity contribution in [2.24, 2.45) is 5.73 Å². The Labute approximate surface area is 215 Å². The zero-order valence-corrected chi connectivity index (χ0v) is 21.4. The molecular weight excluding hydrogens is 476 g/mol. The number of nitrogens with two attached hydrogens (primary N) is 1. The number of benzene rings is 1. The molecule has 1 aromatic carbocycles. The van der Waals surface area contributed by atoms with Crippen molar-refractivity contribution < 1.29 is 4.74 Å². The topological polar surface area (TPSA) is 108 Å². The van der Waals surface area contributed by atoms with E-state index in [1.165, 1.54) is 0 Å². The third-order valence-electron chi connectivity index (χ3n) is 5.83. The van der Waals surface area contributed by atoms with Gasteiger partial charge < -0.3 is 15.8 Å². The maximum Gasteiger partial charge on any atom is 0.260 e. The van der Waals surface area contributed by atoms with E-state index in [0.29, 0.717) is 60.6 Å². The van der Waals surface area contributed by atoms with Crippen LogP contribution >= 0.6 is 11.6 Å². The molecule has 8 nitrogen and oxygen atoms in total. The molecule has 188 valence electrons. The Hall–Kier alpha value is -3.33. The lowest BCUT2D eigenvalue weighted by atomic mass is 10.0. The van der Waals surface area contributed by atoms with Gasteiger partial charge in [-0.15, -0.1) is 0 Å². The zero-order valence-electron chi connectivity index (χ0n) is 20.6. The van der Waals surface area contributed by atoms with Crippen molar-refractivity contribution in [1.82, 2.24) is 19.5 Å². The fourth-order valence-electron chi connectivity index (χ4n) is 3.99. The first-order valence-corrected chi connectivity index (χ1v) is 12.6. The lowest BCUT2D eigenvalue weighted by Crippen LogP contribution is -2.22. The number of rotatable bonds is 11. The summed E-state index contributed by atoms with van der Waals surface area (Å²) in [6, 6.07) is 13.3. The molecular formula is C27H31ClN6O2. The van der Waals surface area contributed by atoms with Gasteiger partial charge in [0.15, 0.2) is 0 Å². The van der Waals surface area contributed by atoms with Crippen molar-refractivity contribution in [1.29, 1.82) is 0 Å². The number of aromatic nitrogens is 4. The van der Waals surface area contributed by atoms with Crippen LogP contribution in [-0.2, 0) is 11.3 Å². The van der Waals surface area contributed by atoms with Crippen molar-refractivity contribution in [2.45, 2.75) is 33.2 Å². The predicted molar refractivity (Wildman–Crippen MR) is 145 cm³/mol. The van der Waals surface area contributed by atoms with E-state index in [4.69, 9.17) is 22.1 Å². The highest BCUT2D eigenvalue weighted by Gasteiger charge is 2.15. The van der Waals surface area contributed by atoms with E-state index in [-0.39, 0.29) is 5.56 Å². The second-order valence-corrected chi connectivity index (χ2v) is 8.88. The standard InChI is InChI=1S/C27H31ClN6O2/c1-3-34-25-20(17-31-27(33-25)30-12-6-14-36-13-5-11-29)15-22(26(34)35)21-10-9-19(16-23(21)28)24-8-4-7-18(2)32-24/h4,7-10,15-17H,3,5-6,11-14,29H2,1-2H3,(H,30,31,33). The van der Waals surface area contributed by atoms with Gasteiger partial charge in [0, 0.05) is 65.3 Å². The molecule has 0 spiro atoms. The minimum Gasteiger partial charge on any atom is -0.381 e. The normalized spacial score (nSPS) is 11.2. The highest BCUT2D eigenvalue weighted by Crippen LogP contribution is 2.31. The second-order valence-electron chi connectivity index (χ2n) is 8.47. The van der Waals surface area contributed by atoms with Gasteiger partial charge in [-0.2, -0.15) is 4.98 Å². The van der Waals surface area contributed by atoms with E-state index >= 15 is 0 Å². The van der Waals surface area contributed by atoms with Crippen LogP contribution in [0.2, 0.25) is 5.02 Å². The van der Waals surface area contributed by atoms with E-state index < -0.39 is 0 Å². The summed E-state index contributed by atoms with van der Waals surface area (Å²) < 4.78 is 7.17. The van der Waals surface area contributed by atoms with E-state index in [2.05, 4.69) is 20.3 Å². The van der Waals surface area contributed by atoms with Crippen LogP contribution in [0.5, 0.6) is 0 Å². The smallest absolute Gasteiger partial charge is 0.260 e. The summed E-state index contributed by atoms with van der Waals surface area (Å²) in [4.78, 5) is 27.1. The predicted octanol–water partition coefficient (Wildman–Crippen LogP) is 4.67. The van der Waals surface area contributed by atoms with Crippen molar-refractivity contribution in [2.75, 3.05) is 31.6 Å². The quantitative estimate of drug-likeness (QED) is 0.284. The molecule has 0 unspecified atom stereocenters. The van der Waals surface area contributed by atoms with Crippen LogP contribution in [0.1, 0.15) is 25.5 Å². The average Bonchev–Trinajstić information content (AvgIpc) is 2.88. The summed E-state index contributed by atoms with van der Waals surface area (Å²) in [5, 5.41) is 4.47. The molecule has 0 radical (unpaired) electrons. The number of aryl methyl sites for hydroxylation is 2. The summed E-state index contributed by atoms with van der Waals surface area (Å²) in [7, 11) is 0. The number of nitrogens with zero attached hydrogens (tertiary/aromatic N) is 4. The second kappa shape index (κ2) is 12.1. The van der Waals surface area contributed by atoms with Crippen LogP contribution in [0.4, 0.5) is 5.95 Å². The van der Waals surface area contributed by atoms with Crippen molar-refractivity contribution in [3.8, 4) is 22.4 Å². The molecule has 0 fully saturated rings. The highest BCUT2D eigenvalue weighted by atomic mass is 35.5. The van der Waals surface area contributed by atoms with Crippen LogP contribution in [0, 0.1) is 6.92 Å². The SMILES string of the molecule is CCn1c(=O)c(-c2ccc(-c3cccc(C)n3)cc2Cl)cc2cnc(NCCCOCCCN)nc21. The van der Waals surface area contributed by atoms with Gasteiger partial charge in [0.05, 0.1) is 5.69 Å². The molecule has 3 aromatic heterocycles. The van der Waals surface area contributed by atoms with Crippen LogP contribution in [-0.4, -0.2) is 45.8 Å². The highest BCUT2D eigenvalue weighted by molar-refractivity contribution is 6.33. The Morgan fingerprint density at radius 3 is 2.67 bits per heavy atom. The summed E-state index contributed by atoms with van der Waals surface area (Å²) in [6.45, 7) is 6.95. The molecule has 3 heterocycles. The molecule has 3 N–H and O–H groups in total. The molecule has 0 aliphatic heterocycles. The number of nitrogens with one attached hydrogen (secondary N) is 1. The van der Waals surface area contributed by atoms with Gasteiger partial charge >= 0.3 is 0 Å². The Morgan fingerprint density at radius 2 is 1.92 bits per heavy atom. The minimum absolute atomic E-state index is 0.147. The Bertz CT molecular complexity index is 1410. The molecule has 4 rings (SSSR count). The van der Waals surface area contributed by atoms with E-state index in [1.54, 1.807) is 10.8 Å². The van der Waals surface area contributed by atoms with Crippen LogP contribution in [0.3, 0.4) is 0 Å². The molecule has 0 aliphatic carbocycles. The number of ether oxygens (including phenoxy) is 1. The third-order valence-corrected chi connectivity index (χ3v) is 6.14. The van der Waals surface area contributed by atoms with Gasteiger partial charge in [0.25, 0.3) is 5.56 Å². The van der Waals surface area contributed by atoms with Gasteiger partial charge in [0.1, 0.15) is 5.65 Å². The van der Waals surface area contributed by atoms with Gasteiger partial charge in [-0.05, 0) is 57.5 Å². The van der Waals surface area contributed by atoms with Gasteiger partial charge in [0.2, 0.25) is 5.95 Å². The van der Waals surface area contributed by atoms with Crippen LogP contribution in [0.25, 0.3) is 33.4 Å². The van der Waals surface area contributed by atoms with E-state index in [9.17, 15) is 4.79 Å². The fraction of sp³-hybridized carbons (Fsp3) is 0.333. The average molecular weight is 507 g/mol. The maximum absolute atomic E-state index is 13.4. The Morgan fingerprint density at radius 1 is 1.08 bits per heavy atom. The molecule has 9 heteroatoms. The van der Waals surface area contributed by atoms with Crippen molar-refractivity contribution in [3.05, 3.63) is 69.7 Å². The molecule has 0 atom stereocenters. The molecule has 0 aliphatic rings. The largest absolute Gasteiger partial charge is 0.381 e. The lowest BCUT2D eigenvalue weighted by molar-refractivity contribution is 0.133. The van der Waals surface area contributed by atoms with Crippen LogP contribution < -0.4 is 16.6 Å². The van der Waals surface area contributed by atoms with Crippen LogP contribution in [0.15, 0.2) is 53.5 Å². The molecule has 0 saturated heterocycles. The monoisotopic (exact) mass is 506 g/mol. The molecule has 0 amide bonds. The number of hydrogen-bond acceptors (Lipinski definition) is 7. The van der Waals surface area contributed by atoms with Crippen molar-refractivity contribution in [3.63, 3.8) is 0 Å². The van der Waals surface area contributed by atoms with Gasteiger partial charge in [-0.1, -0.05) is 29.8 Å². The Kier molecular flexibility index (Phi) is 8.64. The number of hydrogen-bond donors (Lipinski definition) is 2. The first kappa shape index (κ1) is 25.8. The molecule has 4 aromatic rings. The minimum atomic E-state index is -0.147. The lowest BCUT2D eigenvalue weighted by Gasteiger charge is -2.13. The van der Waals surface area contributed by atoms with Crippen molar-refractivity contribution >= 4 is 28.6 Å². The first-order valence-electron chi connectivity index (χ1n) is 12.2. The summed E-state index contributed by atoms with van der Waals surface area (Å²) in [5.41, 5.74) is 9.74. The van der Waals surface area contributed by atoms with Gasteiger partial charge in [-0.3, -0.25) is 14.3 Å². The van der Waals surface area contributed by atoms with Gasteiger partial charge in [-0.25, -0.2) is 4.98 Å². The fourth-order valence-corrected chi connectivity index (χ4v) is 4.27. The Balaban J connectivity index is 1.59. The third kappa shape index (κ3) is 5.90. The number of halogens is 1. The summed E-state index contributed by atoms with van der Waals surface area (Å²) >= 11 is 6.67. The first-order chi connectivity index (χ1) is 17.5. The zero-order chi connectivity index (χ0) is 25.5.